The molecule has 0 radical (unpaired) electrons. The van der Waals surface area contributed by atoms with Gasteiger partial charge in [0.05, 0.1) is 6.54 Å². The lowest BCUT2D eigenvalue weighted by Crippen LogP contribution is -2.41. The molecule has 18 heavy (non-hydrogen) atoms. The monoisotopic (exact) mass is 256 g/mol. The van der Waals surface area contributed by atoms with E-state index in [0.717, 1.165) is 6.54 Å². The first-order valence-corrected chi connectivity index (χ1v) is 7.26. The Balaban J connectivity index is 3.84. The molecule has 0 rings (SSSR count). The largest absolute Gasteiger partial charge is 0.342 e. The maximum Gasteiger partial charge on any atom is 0.236 e. The van der Waals surface area contributed by atoms with Crippen LogP contribution in [0.25, 0.3) is 0 Å². The van der Waals surface area contributed by atoms with E-state index < -0.39 is 0 Å². The second-order valence-corrected chi connectivity index (χ2v) is 6.32. The van der Waals surface area contributed by atoms with Gasteiger partial charge in [0.15, 0.2) is 0 Å². The van der Waals surface area contributed by atoms with Crippen LogP contribution in [0.2, 0.25) is 0 Å². The van der Waals surface area contributed by atoms with Crippen molar-refractivity contribution in [3.63, 3.8) is 0 Å². The summed E-state index contributed by atoms with van der Waals surface area (Å²) in [7, 11) is 1.86. The van der Waals surface area contributed by atoms with Crippen LogP contribution in [0.3, 0.4) is 0 Å². The molecule has 0 saturated heterocycles. The summed E-state index contributed by atoms with van der Waals surface area (Å²) in [5.74, 6) is 0.175. The van der Waals surface area contributed by atoms with Gasteiger partial charge in [-0.05, 0) is 25.7 Å². The lowest BCUT2D eigenvalue weighted by molar-refractivity contribution is -0.130. The van der Waals surface area contributed by atoms with E-state index in [-0.39, 0.29) is 17.4 Å². The Morgan fingerprint density at radius 3 is 2.39 bits per heavy atom. The first-order valence-electron chi connectivity index (χ1n) is 7.26. The second-order valence-electron chi connectivity index (χ2n) is 6.32. The number of hydrogen-bond donors (Lipinski definition) is 1. The Bertz CT molecular complexity index is 237. The molecule has 0 aliphatic rings. The lowest BCUT2D eigenvalue weighted by Gasteiger charge is -2.26. The van der Waals surface area contributed by atoms with Crippen molar-refractivity contribution in [3.05, 3.63) is 0 Å². The van der Waals surface area contributed by atoms with Gasteiger partial charge in [0, 0.05) is 19.6 Å². The van der Waals surface area contributed by atoms with Crippen molar-refractivity contribution in [2.75, 3.05) is 20.1 Å². The van der Waals surface area contributed by atoms with Gasteiger partial charge in [0.2, 0.25) is 5.91 Å². The van der Waals surface area contributed by atoms with Crippen molar-refractivity contribution in [1.29, 1.82) is 0 Å². The average Bonchev–Trinajstić information content (AvgIpc) is 2.27. The molecule has 3 nitrogen and oxygen atoms in total. The first kappa shape index (κ1) is 17.4. The summed E-state index contributed by atoms with van der Waals surface area (Å²) in [4.78, 5) is 13.6. The SMILES string of the molecule is CCCCCC(C)(C)CNCC(=O)N(C)C(C)C. The smallest absolute Gasteiger partial charge is 0.236 e. The van der Waals surface area contributed by atoms with Crippen LogP contribution in [0.15, 0.2) is 0 Å². The number of carbonyl (C=O) groups excluding carboxylic acids is 1. The number of unbranched alkanes of at least 4 members (excludes halogenated alkanes) is 2. The van der Waals surface area contributed by atoms with Crippen LogP contribution in [0, 0.1) is 5.41 Å². The molecular weight excluding hydrogens is 224 g/mol. The summed E-state index contributed by atoms with van der Waals surface area (Å²) in [5.41, 5.74) is 0.284. The molecule has 0 heterocycles. The van der Waals surface area contributed by atoms with E-state index >= 15 is 0 Å². The highest BCUT2D eigenvalue weighted by Crippen LogP contribution is 2.22. The molecule has 0 aliphatic heterocycles. The van der Waals surface area contributed by atoms with Crippen molar-refractivity contribution < 1.29 is 4.79 Å². The topological polar surface area (TPSA) is 32.3 Å². The van der Waals surface area contributed by atoms with Gasteiger partial charge in [-0.1, -0.05) is 40.0 Å². The zero-order valence-corrected chi connectivity index (χ0v) is 13.2. The second kappa shape index (κ2) is 8.52. The maximum absolute atomic E-state index is 11.8. The fraction of sp³-hybridized carbons (Fsp3) is 0.933. The molecule has 1 amide bonds. The van der Waals surface area contributed by atoms with Gasteiger partial charge in [-0.25, -0.2) is 0 Å². The van der Waals surface area contributed by atoms with Crippen molar-refractivity contribution in [2.24, 2.45) is 5.41 Å². The number of likely N-dealkylation sites (N-methyl/N-ethyl adjacent to an activating group) is 1. The van der Waals surface area contributed by atoms with Crippen LogP contribution >= 0.6 is 0 Å². The third kappa shape index (κ3) is 7.70. The van der Waals surface area contributed by atoms with E-state index in [0.29, 0.717) is 6.54 Å². The van der Waals surface area contributed by atoms with Crippen LogP contribution in [0.5, 0.6) is 0 Å². The normalized spacial score (nSPS) is 11.9. The molecule has 1 N–H and O–H groups in total. The van der Waals surface area contributed by atoms with Crippen molar-refractivity contribution in [3.8, 4) is 0 Å². The fourth-order valence-corrected chi connectivity index (χ4v) is 1.86. The molecule has 0 fully saturated rings. The highest BCUT2D eigenvalue weighted by molar-refractivity contribution is 5.78. The predicted octanol–water partition coefficient (Wildman–Crippen LogP) is 3.05. The van der Waals surface area contributed by atoms with Gasteiger partial charge >= 0.3 is 0 Å². The summed E-state index contributed by atoms with van der Waals surface area (Å²) in [6.07, 6.45) is 5.08. The zero-order valence-electron chi connectivity index (χ0n) is 13.2. The minimum absolute atomic E-state index is 0.175. The van der Waals surface area contributed by atoms with Crippen LogP contribution in [0.4, 0.5) is 0 Å². The molecule has 0 spiro atoms. The molecule has 108 valence electrons. The minimum Gasteiger partial charge on any atom is -0.342 e. The van der Waals surface area contributed by atoms with E-state index in [1.807, 2.05) is 20.9 Å². The average molecular weight is 256 g/mol. The number of nitrogens with one attached hydrogen (secondary N) is 1. The minimum atomic E-state index is 0.175. The highest BCUT2D eigenvalue weighted by atomic mass is 16.2. The lowest BCUT2D eigenvalue weighted by atomic mass is 9.87. The van der Waals surface area contributed by atoms with E-state index in [9.17, 15) is 4.79 Å². The molecule has 0 bridgehead atoms. The fourth-order valence-electron chi connectivity index (χ4n) is 1.86. The Hall–Kier alpha value is -0.570. The maximum atomic E-state index is 11.8. The Kier molecular flexibility index (Phi) is 8.25. The van der Waals surface area contributed by atoms with Gasteiger partial charge in [0.25, 0.3) is 0 Å². The van der Waals surface area contributed by atoms with Crippen molar-refractivity contribution in [2.45, 2.75) is 66.3 Å². The van der Waals surface area contributed by atoms with Crippen LogP contribution in [-0.2, 0) is 4.79 Å². The van der Waals surface area contributed by atoms with Gasteiger partial charge < -0.3 is 10.2 Å². The third-order valence-electron chi connectivity index (χ3n) is 3.50. The summed E-state index contributed by atoms with van der Waals surface area (Å²) in [5, 5.41) is 3.30. The molecule has 0 atom stereocenters. The zero-order chi connectivity index (χ0) is 14.2. The molecule has 0 aliphatic carbocycles. The first-order chi connectivity index (χ1) is 8.30. The number of hydrogen-bond acceptors (Lipinski definition) is 2. The Labute approximate surface area is 113 Å². The number of amides is 1. The van der Waals surface area contributed by atoms with Gasteiger partial charge in [-0.15, -0.1) is 0 Å². The van der Waals surface area contributed by atoms with Crippen LogP contribution < -0.4 is 5.32 Å². The van der Waals surface area contributed by atoms with E-state index in [1.54, 1.807) is 4.90 Å². The van der Waals surface area contributed by atoms with Gasteiger partial charge in [-0.3, -0.25) is 4.79 Å². The molecule has 3 heteroatoms. The van der Waals surface area contributed by atoms with Crippen molar-refractivity contribution >= 4 is 5.91 Å². The van der Waals surface area contributed by atoms with Gasteiger partial charge in [0.1, 0.15) is 0 Å². The molecule has 0 aromatic rings. The number of nitrogens with zero attached hydrogens (tertiary/aromatic N) is 1. The quantitative estimate of drug-likeness (QED) is 0.643. The third-order valence-corrected chi connectivity index (χ3v) is 3.50. The predicted molar refractivity (Wildman–Crippen MR) is 78.7 cm³/mol. The van der Waals surface area contributed by atoms with Gasteiger partial charge in [-0.2, -0.15) is 0 Å². The Morgan fingerprint density at radius 2 is 1.89 bits per heavy atom. The van der Waals surface area contributed by atoms with E-state index in [4.69, 9.17) is 0 Å². The molecule has 0 aromatic heterocycles. The summed E-state index contributed by atoms with van der Waals surface area (Å²) >= 11 is 0. The molecule has 0 unspecified atom stereocenters. The van der Waals surface area contributed by atoms with Crippen LogP contribution in [-0.4, -0.2) is 37.0 Å². The van der Waals surface area contributed by atoms with Crippen molar-refractivity contribution in [1.82, 2.24) is 10.2 Å². The molecule has 0 aromatic carbocycles. The standard InChI is InChI=1S/C15H32N2O/c1-7-8-9-10-15(4,5)12-16-11-14(18)17(6)13(2)3/h13,16H,7-12H2,1-6H3. The Morgan fingerprint density at radius 1 is 1.28 bits per heavy atom. The number of rotatable bonds is 9. The number of carbonyl (C=O) groups is 1. The summed E-state index contributed by atoms with van der Waals surface area (Å²) in [6.45, 7) is 12.2. The van der Waals surface area contributed by atoms with Crippen LogP contribution in [0.1, 0.15) is 60.3 Å². The van der Waals surface area contributed by atoms with E-state index in [1.165, 1.54) is 25.7 Å². The highest BCUT2D eigenvalue weighted by Gasteiger charge is 2.18. The molecular formula is C15H32N2O. The summed E-state index contributed by atoms with van der Waals surface area (Å²) < 4.78 is 0. The molecule has 0 saturated carbocycles. The van der Waals surface area contributed by atoms with E-state index in [2.05, 4.69) is 26.1 Å². The summed E-state index contributed by atoms with van der Waals surface area (Å²) in [6, 6.07) is 0.275.